The Morgan fingerprint density at radius 3 is 3.05 bits per heavy atom. The minimum atomic E-state index is -0.172. The van der Waals surface area contributed by atoms with Gasteiger partial charge >= 0.3 is 0 Å². The van der Waals surface area contributed by atoms with Crippen molar-refractivity contribution in [2.75, 3.05) is 26.7 Å². The first-order valence-electron chi connectivity index (χ1n) is 6.22. The minimum absolute atomic E-state index is 0.0188. The molecule has 4 nitrogen and oxygen atoms in total. The number of carbonyl (C=O) groups excluding carboxylic acids is 1. The summed E-state index contributed by atoms with van der Waals surface area (Å²) in [6, 6.07) is 5.23. The Kier molecular flexibility index (Phi) is 5.05. The fourth-order valence-electron chi connectivity index (χ4n) is 2.24. The SMILES string of the molecule is CNC(=O)C1CNCCN1Cc1cc(Cl)ccc1Cl. The number of nitrogens with zero attached hydrogens (tertiary/aromatic N) is 1. The summed E-state index contributed by atoms with van der Waals surface area (Å²) in [5.41, 5.74) is 0.949. The highest BCUT2D eigenvalue weighted by atomic mass is 35.5. The van der Waals surface area contributed by atoms with Crippen molar-refractivity contribution < 1.29 is 4.79 Å². The van der Waals surface area contributed by atoms with E-state index in [1.807, 2.05) is 6.07 Å². The van der Waals surface area contributed by atoms with Crippen LogP contribution in [0.4, 0.5) is 0 Å². The van der Waals surface area contributed by atoms with Gasteiger partial charge in [-0.3, -0.25) is 9.69 Å². The summed E-state index contributed by atoms with van der Waals surface area (Å²) in [4.78, 5) is 14.0. The number of rotatable bonds is 3. The number of hydrogen-bond acceptors (Lipinski definition) is 3. The molecule has 1 unspecified atom stereocenters. The molecule has 1 aliphatic heterocycles. The van der Waals surface area contributed by atoms with Crippen molar-refractivity contribution in [3.8, 4) is 0 Å². The van der Waals surface area contributed by atoms with Crippen molar-refractivity contribution in [1.82, 2.24) is 15.5 Å². The predicted molar refractivity (Wildman–Crippen MR) is 77.6 cm³/mol. The molecule has 1 aromatic carbocycles. The molecule has 0 saturated carbocycles. The zero-order valence-electron chi connectivity index (χ0n) is 10.7. The zero-order chi connectivity index (χ0) is 13.8. The molecule has 1 aromatic rings. The van der Waals surface area contributed by atoms with E-state index in [2.05, 4.69) is 15.5 Å². The van der Waals surface area contributed by atoms with Crippen LogP contribution in [0.2, 0.25) is 10.0 Å². The molecule has 1 fully saturated rings. The third-order valence-electron chi connectivity index (χ3n) is 3.28. The average molecular weight is 302 g/mol. The van der Waals surface area contributed by atoms with Gasteiger partial charge in [0, 0.05) is 43.3 Å². The number of benzene rings is 1. The summed E-state index contributed by atoms with van der Waals surface area (Å²) in [6.07, 6.45) is 0. The van der Waals surface area contributed by atoms with Crippen molar-refractivity contribution in [1.29, 1.82) is 0 Å². The molecule has 2 N–H and O–H groups in total. The second-order valence-electron chi connectivity index (χ2n) is 4.54. The first kappa shape index (κ1) is 14.6. The van der Waals surface area contributed by atoms with Gasteiger partial charge in [-0.2, -0.15) is 0 Å². The molecule has 0 radical (unpaired) electrons. The van der Waals surface area contributed by atoms with Gasteiger partial charge in [0.05, 0.1) is 0 Å². The molecule has 0 aromatic heterocycles. The Labute approximate surface area is 123 Å². The summed E-state index contributed by atoms with van der Waals surface area (Å²) < 4.78 is 0. The highest BCUT2D eigenvalue weighted by molar-refractivity contribution is 6.33. The average Bonchev–Trinajstić information content (AvgIpc) is 2.42. The predicted octanol–water partition coefficient (Wildman–Crippen LogP) is 1.51. The minimum Gasteiger partial charge on any atom is -0.358 e. The molecule has 0 spiro atoms. The Morgan fingerprint density at radius 2 is 2.32 bits per heavy atom. The molecule has 1 heterocycles. The van der Waals surface area contributed by atoms with E-state index in [4.69, 9.17) is 23.2 Å². The number of hydrogen-bond donors (Lipinski definition) is 2. The molecule has 19 heavy (non-hydrogen) atoms. The van der Waals surface area contributed by atoms with Gasteiger partial charge in [0.2, 0.25) is 5.91 Å². The van der Waals surface area contributed by atoms with Crippen molar-refractivity contribution >= 4 is 29.1 Å². The van der Waals surface area contributed by atoms with Gasteiger partial charge in [-0.15, -0.1) is 0 Å². The molecule has 0 bridgehead atoms. The maximum Gasteiger partial charge on any atom is 0.238 e. The third kappa shape index (κ3) is 3.60. The van der Waals surface area contributed by atoms with Crippen molar-refractivity contribution in [2.24, 2.45) is 0 Å². The van der Waals surface area contributed by atoms with Crippen molar-refractivity contribution in [2.45, 2.75) is 12.6 Å². The summed E-state index contributed by atoms with van der Waals surface area (Å²) >= 11 is 12.2. The van der Waals surface area contributed by atoms with Gasteiger partial charge in [0.25, 0.3) is 0 Å². The van der Waals surface area contributed by atoms with Gasteiger partial charge in [-0.25, -0.2) is 0 Å². The lowest BCUT2D eigenvalue weighted by Crippen LogP contribution is -2.56. The first-order chi connectivity index (χ1) is 9.11. The van der Waals surface area contributed by atoms with Crippen LogP contribution in [0, 0.1) is 0 Å². The monoisotopic (exact) mass is 301 g/mol. The van der Waals surface area contributed by atoms with E-state index < -0.39 is 0 Å². The zero-order valence-corrected chi connectivity index (χ0v) is 12.3. The lowest BCUT2D eigenvalue weighted by molar-refractivity contribution is -0.126. The van der Waals surface area contributed by atoms with E-state index in [1.165, 1.54) is 0 Å². The number of likely N-dealkylation sites (N-methyl/N-ethyl adjacent to an activating group) is 1. The van der Waals surface area contributed by atoms with Gasteiger partial charge in [-0.05, 0) is 23.8 Å². The van der Waals surface area contributed by atoms with Crippen LogP contribution in [0.15, 0.2) is 18.2 Å². The van der Waals surface area contributed by atoms with E-state index in [-0.39, 0.29) is 11.9 Å². The van der Waals surface area contributed by atoms with Gasteiger partial charge in [0.1, 0.15) is 6.04 Å². The number of halogens is 2. The van der Waals surface area contributed by atoms with Crippen LogP contribution >= 0.6 is 23.2 Å². The fraction of sp³-hybridized carbons (Fsp3) is 0.462. The van der Waals surface area contributed by atoms with E-state index in [9.17, 15) is 4.79 Å². The molecule has 1 atom stereocenters. The Hall–Kier alpha value is -0.810. The second-order valence-corrected chi connectivity index (χ2v) is 5.38. The summed E-state index contributed by atoms with van der Waals surface area (Å²) in [5, 5.41) is 7.26. The molecule has 2 rings (SSSR count). The van der Waals surface area contributed by atoms with E-state index in [0.717, 1.165) is 18.7 Å². The fourth-order valence-corrected chi connectivity index (χ4v) is 2.62. The van der Waals surface area contributed by atoms with Crippen molar-refractivity contribution in [3.63, 3.8) is 0 Å². The number of amides is 1. The highest BCUT2D eigenvalue weighted by Gasteiger charge is 2.28. The maximum atomic E-state index is 11.9. The highest BCUT2D eigenvalue weighted by Crippen LogP contribution is 2.23. The molecule has 6 heteroatoms. The van der Waals surface area contributed by atoms with Crippen molar-refractivity contribution in [3.05, 3.63) is 33.8 Å². The quantitative estimate of drug-likeness (QED) is 0.889. The summed E-state index contributed by atoms with van der Waals surface area (Å²) in [5.74, 6) is 0.0188. The summed E-state index contributed by atoms with van der Waals surface area (Å²) in [7, 11) is 1.65. The molecule has 0 aliphatic carbocycles. The Bertz CT molecular complexity index is 467. The first-order valence-corrected chi connectivity index (χ1v) is 6.97. The van der Waals surface area contributed by atoms with E-state index >= 15 is 0 Å². The third-order valence-corrected chi connectivity index (χ3v) is 3.89. The van der Waals surface area contributed by atoms with Gasteiger partial charge < -0.3 is 10.6 Å². The summed E-state index contributed by atoms with van der Waals surface area (Å²) in [6.45, 7) is 2.95. The molecule has 1 saturated heterocycles. The smallest absolute Gasteiger partial charge is 0.238 e. The van der Waals surface area contributed by atoms with Crippen LogP contribution in [-0.4, -0.2) is 43.5 Å². The molecular formula is C13H17Cl2N3O. The molecular weight excluding hydrogens is 285 g/mol. The molecule has 104 valence electrons. The van der Waals surface area contributed by atoms with Crippen LogP contribution in [0.3, 0.4) is 0 Å². The standard InChI is InChI=1S/C13H17Cl2N3O/c1-16-13(19)12-7-17-4-5-18(12)8-9-6-10(14)2-3-11(9)15/h2-3,6,12,17H,4-5,7-8H2,1H3,(H,16,19). The number of carbonyl (C=O) groups is 1. The lowest BCUT2D eigenvalue weighted by atomic mass is 10.1. The molecule has 1 aliphatic rings. The van der Waals surface area contributed by atoms with Gasteiger partial charge in [-0.1, -0.05) is 23.2 Å². The maximum absolute atomic E-state index is 11.9. The normalized spacial score (nSPS) is 20.3. The van der Waals surface area contributed by atoms with E-state index in [1.54, 1.807) is 19.2 Å². The number of nitrogens with one attached hydrogen (secondary N) is 2. The van der Waals surface area contributed by atoms with Gasteiger partial charge in [0.15, 0.2) is 0 Å². The lowest BCUT2D eigenvalue weighted by Gasteiger charge is -2.35. The van der Waals surface area contributed by atoms with Crippen LogP contribution in [-0.2, 0) is 11.3 Å². The second kappa shape index (κ2) is 6.57. The van der Waals surface area contributed by atoms with Crippen LogP contribution < -0.4 is 10.6 Å². The number of piperazine rings is 1. The largest absolute Gasteiger partial charge is 0.358 e. The Morgan fingerprint density at radius 1 is 1.53 bits per heavy atom. The van der Waals surface area contributed by atoms with Crippen LogP contribution in [0.1, 0.15) is 5.56 Å². The Balaban J connectivity index is 2.15. The molecule has 1 amide bonds. The topological polar surface area (TPSA) is 44.4 Å². The van der Waals surface area contributed by atoms with Crippen LogP contribution in [0.5, 0.6) is 0 Å². The van der Waals surface area contributed by atoms with E-state index in [0.29, 0.717) is 23.1 Å². The van der Waals surface area contributed by atoms with Crippen LogP contribution in [0.25, 0.3) is 0 Å².